The predicted octanol–water partition coefficient (Wildman–Crippen LogP) is 6.17. The highest BCUT2D eigenvalue weighted by molar-refractivity contribution is 5.94. The maximum Gasteiger partial charge on any atom is 0.252 e. The van der Waals surface area contributed by atoms with Crippen molar-refractivity contribution in [1.29, 1.82) is 0 Å². The lowest BCUT2D eigenvalue weighted by Crippen LogP contribution is -2.29. The van der Waals surface area contributed by atoms with Gasteiger partial charge < -0.3 is 10.1 Å². The number of rotatable bonds is 10. The lowest BCUT2D eigenvalue weighted by molar-refractivity contribution is 0.0943. The molecule has 3 aromatic rings. The summed E-state index contributed by atoms with van der Waals surface area (Å²) in [7, 11) is 0. The van der Waals surface area contributed by atoms with Crippen LogP contribution in [0, 0.1) is 0 Å². The second-order valence-electron chi connectivity index (χ2n) is 7.16. The molecule has 3 nitrogen and oxygen atoms in total. The number of amides is 1. The van der Waals surface area contributed by atoms with Crippen molar-refractivity contribution in [2.75, 3.05) is 6.61 Å². The van der Waals surface area contributed by atoms with Crippen molar-refractivity contribution in [3.8, 4) is 5.75 Å². The van der Waals surface area contributed by atoms with E-state index in [4.69, 9.17) is 4.74 Å². The van der Waals surface area contributed by atoms with Crippen molar-refractivity contribution in [3.05, 3.63) is 102 Å². The molecule has 1 N–H and O–H groups in total. The first-order valence-electron chi connectivity index (χ1n) is 10.4. The third-order valence-electron chi connectivity index (χ3n) is 4.92. The van der Waals surface area contributed by atoms with Gasteiger partial charge in [-0.1, -0.05) is 86.8 Å². The number of carbonyl (C=O) groups excluding carboxylic acids is 1. The Morgan fingerprint density at radius 3 is 1.93 bits per heavy atom. The van der Waals surface area contributed by atoms with Crippen LogP contribution in [0.1, 0.15) is 60.1 Å². The van der Waals surface area contributed by atoms with Crippen molar-refractivity contribution in [3.63, 3.8) is 0 Å². The summed E-state index contributed by atoms with van der Waals surface area (Å²) >= 11 is 0. The molecule has 29 heavy (non-hydrogen) atoms. The smallest absolute Gasteiger partial charge is 0.252 e. The van der Waals surface area contributed by atoms with E-state index < -0.39 is 0 Å². The van der Waals surface area contributed by atoms with Gasteiger partial charge in [0.15, 0.2) is 0 Å². The number of unbranched alkanes of at least 4 members (excludes halogenated alkanes) is 3. The van der Waals surface area contributed by atoms with Crippen LogP contribution in [-0.4, -0.2) is 12.5 Å². The van der Waals surface area contributed by atoms with Gasteiger partial charge in [-0.05, 0) is 41.8 Å². The summed E-state index contributed by atoms with van der Waals surface area (Å²) in [6, 6.07) is 27.3. The summed E-state index contributed by atoms with van der Waals surface area (Å²) in [5.74, 6) is 0.706. The molecule has 0 spiro atoms. The van der Waals surface area contributed by atoms with Crippen LogP contribution in [0.25, 0.3) is 0 Å². The molecule has 0 unspecified atom stereocenters. The van der Waals surface area contributed by atoms with Crippen LogP contribution >= 0.6 is 0 Å². The number of carbonyl (C=O) groups is 1. The molecular weight excluding hydrogens is 358 g/mol. The number of hydrogen-bond donors (Lipinski definition) is 1. The van der Waals surface area contributed by atoms with Crippen LogP contribution in [0.3, 0.4) is 0 Å². The normalized spacial score (nSPS) is 10.7. The van der Waals surface area contributed by atoms with Crippen LogP contribution in [0.4, 0.5) is 0 Å². The first-order chi connectivity index (χ1) is 14.3. The van der Waals surface area contributed by atoms with Gasteiger partial charge in [0.2, 0.25) is 0 Å². The highest BCUT2D eigenvalue weighted by Crippen LogP contribution is 2.22. The van der Waals surface area contributed by atoms with Gasteiger partial charge in [0.05, 0.1) is 12.6 Å². The zero-order valence-electron chi connectivity index (χ0n) is 17.0. The van der Waals surface area contributed by atoms with Crippen LogP contribution in [-0.2, 0) is 0 Å². The highest BCUT2D eigenvalue weighted by Gasteiger charge is 2.17. The zero-order chi connectivity index (χ0) is 20.3. The topological polar surface area (TPSA) is 38.3 Å². The van der Waals surface area contributed by atoms with E-state index in [0.29, 0.717) is 5.56 Å². The second-order valence-corrected chi connectivity index (χ2v) is 7.16. The number of benzene rings is 3. The summed E-state index contributed by atoms with van der Waals surface area (Å²) < 4.78 is 5.78. The van der Waals surface area contributed by atoms with Gasteiger partial charge in [-0.2, -0.15) is 0 Å². The number of ether oxygens (including phenoxy) is 1. The Bertz CT molecular complexity index is 821. The predicted molar refractivity (Wildman–Crippen MR) is 118 cm³/mol. The zero-order valence-corrected chi connectivity index (χ0v) is 17.0. The van der Waals surface area contributed by atoms with Crippen molar-refractivity contribution >= 4 is 5.91 Å². The van der Waals surface area contributed by atoms with E-state index in [1.54, 1.807) is 0 Å². The van der Waals surface area contributed by atoms with E-state index >= 15 is 0 Å². The summed E-state index contributed by atoms with van der Waals surface area (Å²) in [5, 5.41) is 3.17. The molecular formula is C26H29NO2. The van der Waals surface area contributed by atoms with E-state index in [1.807, 2.05) is 84.9 Å². The molecule has 3 heteroatoms. The maximum absolute atomic E-state index is 12.9. The fourth-order valence-electron chi connectivity index (χ4n) is 3.29. The van der Waals surface area contributed by atoms with Gasteiger partial charge in [-0.25, -0.2) is 0 Å². The fourth-order valence-corrected chi connectivity index (χ4v) is 3.29. The molecule has 0 fully saturated rings. The van der Waals surface area contributed by atoms with Crippen LogP contribution in [0.5, 0.6) is 5.75 Å². The van der Waals surface area contributed by atoms with Gasteiger partial charge in [0.25, 0.3) is 5.91 Å². The lowest BCUT2D eigenvalue weighted by Gasteiger charge is -2.20. The molecule has 0 heterocycles. The second kappa shape index (κ2) is 11.1. The Morgan fingerprint density at radius 1 is 0.793 bits per heavy atom. The number of nitrogens with one attached hydrogen (secondary N) is 1. The summed E-state index contributed by atoms with van der Waals surface area (Å²) in [4.78, 5) is 12.9. The standard InChI is InChI=1S/C26H29NO2/c1-2-3-4-11-20-29-24-18-16-23(17-19-24)26(28)27-25(21-12-7-5-8-13-21)22-14-9-6-10-15-22/h5-10,12-19,25H,2-4,11,20H2,1H3,(H,27,28). The van der Waals surface area contributed by atoms with Crippen molar-refractivity contribution < 1.29 is 9.53 Å². The van der Waals surface area contributed by atoms with E-state index in [9.17, 15) is 4.79 Å². The highest BCUT2D eigenvalue weighted by atomic mass is 16.5. The molecule has 0 aliphatic rings. The van der Waals surface area contributed by atoms with E-state index in [0.717, 1.165) is 29.9 Å². The monoisotopic (exact) mass is 387 g/mol. The summed E-state index contributed by atoms with van der Waals surface area (Å²) in [6.45, 7) is 2.92. The minimum atomic E-state index is -0.195. The molecule has 0 aromatic heterocycles. The van der Waals surface area contributed by atoms with Crippen LogP contribution < -0.4 is 10.1 Å². The third kappa shape index (κ3) is 6.21. The van der Waals surface area contributed by atoms with Crippen molar-refractivity contribution in [2.24, 2.45) is 0 Å². The lowest BCUT2D eigenvalue weighted by atomic mass is 9.98. The van der Waals surface area contributed by atoms with Crippen LogP contribution in [0.2, 0.25) is 0 Å². The average Bonchev–Trinajstić information content (AvgIpc) is 2.79. The van der Waals surface area contributed by atoms with Crippen molar-refractivity contribution in [2.45, 2.75) is 38.6 Å². The Kier molecular flexibility index (Phi) is 7.88. The van der Waals surface area contributed by atoms with E-state index in [1.165, 1.54) is 19.3 Å². The quantitative estimate of drug-likeness (QED) is 0.423. The SMILES string of the molecule is CCCCCCOc1ccc(C(=O)NC(c2ccccc2)c2ccccc2)cc1. The molecule has 150 valence electrons. The Morgan fingerprint density at radius 2 is 1.38 bits per heavy atom. The first-order valence-corrected chi connectivity index (χ1v) is 10.4. The largest absolute Gasteiger partial charge is 0.494 e. The average molecular weight is 388 g/mol. The first kappa shape index (κ1) is 20.7. The molecule has 0 radical (unpaired) electrons. The molecule has 0 atom stereocenters. The molecule has 3 aromatic carbocycles. The van der Waals surface area contributed by atoms with Gasteiger partial charge >= 0.3 is 0 Å². The van der Waals surface area contributed by atoms with Gasteiger partial charge in [-0.15, -0.1) is 0 Å². The van der Waals surface area contributed by atoms with E-state index in [-0.39, 0.29) is 11.9 Å². The van der Waals surface area contributed by atoms with Gasteiger partial charge in [0.1, 0.15) is 5.75 Å². The number of hydrogen-bond acceptors (Lipinski definition) is 2. The third-order valence-corrected chi connectivity index (χ3v) is 4.92. The molecule has 0 saturated heterocycles. The van der Waals surface area contributed by atoms with Crippen LogP contribution in [0.15, 0.2) is 84.9 Å². The van der Waals surface area contributed by atoms with Crippen molar-refractivity contribution in [1.82, 2.24) is 5.32 Å². The minimum absolute atomic E-state index is 0.0998. The summed E-state index contributed by atoms with van der Waals surface area (Å²) in [5.41, 5.74) is 2.73. The Hall–Kier alpha value is -3.07. The maximum atomic E-state index is 12.9. The summed E-state index contributed by atoms with van der Waals surface area (Å²) in [6.07, 6.45) is 4.71. The van der Waals surface area contributed by atoms with Gasteiger partial charge in [-0.3, -0.25) is 4.79 Å². The Balaban J connectivity index is 1.65. The minimum Gasteiger partial charge on any atom is -0.494 e. The molecule has 0 aliphatic heterocycles. The Labute approximate surface area is 173 Å². The molecule has 3 rings (SSSR count). The molecule has 1 amide bonds. The molecule has 0 aliphatic carbocycles. The molecule has 0 bridgehead atoms. The molecule has 0 saturated carbocycles. The van der Waals surface area contributed by atoms with E-state index in [2.05, 4.69) is 12.2 Å². The fraction of sp³-hybridized carbons (Fsp3) is 0.269. The van der Waals surface area contributed by atoms with Gasteiger partial charge in [0, 0.05) is 5.56 Å².